The van der Waals surface area contributed by atoms with E-state index in [1.54, 1.807) is 12.1 Å². The zero-order chi connectivity index (χ0) is 24.4. The van der Waals surface area contributed by atoms with Crippen LogP contribution >= 0.6 is 0 Å². The van der Waals surface area contributed by atoms with Crippen LogP contribution in [-0.4, -0.2) is 37.7 Å². The molecule has 34 heavy (non-hydrogen) atoms. The Morgan fingerprint density at radius 3 is 2.00 bits per heavy atom. The van der Waals surface area contributed by atoms with Gasteiger partial charge in [-0.15, -0.1) is 0 Å². The van der Waals surface area contributed by atoms with E-state index in [0.29, 0.717) is 23.0 Å². The Balaban J connectivity index is 1.72. The van der Waals surface area contributed by atoms with Gasteiger partial charge in [-0.2, -0.15) is 0 Å². The predicted molar refractivity (Wildman–Crippen MR) is 121 cm³/mol. The highest BCUT2D eigenvalue weighted by Crippen LogP contribution is 2.51. The minimum Gasteiger partial charge on any atom is -0.469 e. The van der Waals surface area contributed by atoms with Crippen LogP contribution in [0.2, 0.25) is 0 Å². The zero-order valence-electron chi connectivity index (χ0n) is 19.9. The molecule has 0 amide bonds. The molecule has 3 aliphatic rings. The number of carbonyl (C=O) groups is 2. The molecule has 8 heteroatoms. The molecule has 2 aromatic rings. The van der Waals surface area contributed by atoms with Crippen LogP contribution in [0.5, 0.6) is 23.0 Å². The highest BCUT2D eigenvalue weighted by Gasteiger charge is 2.44. The van der Waals surface area contributed by atoms with E-state index >= 15 is 0 Å². The van der Waals surface area contributed by atoms with E-state index in [4.69, 9.17) is 28.4 Å². The largest absolute Gasteiger partial charge is 0.469 e. The summed E-state index contributed by atoms with van der Waals surface area (Å²) >= 11 is 0. The van der Waals surface area contributed by atoms with Crippen LogP contribution < -0.4 is 18.9 Å². The zero-order valence-corrected chi connectivity index (χ0v) is 19.9. The lowest BCUT2D eigenvalue weighted by Crippen LogP contribution is -2.32. The number of ether oxygens (including phenoxy) is 6. The summed E-state index contributed by atoms with van der Waals surface area (Å²) in [6.07, 6.45) is 1.66. The number of hydrogen-bond donors (Lipinski definition) is 0. The summed E-state index contributed by atoms with van der Waals surface area (Å²) in [5.41, 5.74) is 2.47. The smallest absolute Gasteiger partial charge is 0.334 e. The van der Waals surface area contributed by atoms with Crippen molar-refractivity contribution in [1.29, 1.82) is 0 Å². The van der Waals surface area contributed by atoms with Crippen LogP contribution in [-0.2, 0) is 19.1 Å². The van der Waals surface area contributed by atoms with Crippen LogP contribution in [0.1, 0.15) is 50.3 Å². The van der Waals surface area contributed by atoms with E-state index in [1.807, 2.05) is 52.0 Å². The maximum atomic E-state index is 13.1. The van der Waals surface area contributed by atoms with E-state index < -0.39 is 35.3 Å². The maximum absolute atomic E-state index is 13.1. The molecule has 0 fully saturated rings. The number of hydrogen-bond acceptors (Lipinski definition) is 8. The van der Waals surface area contributed by atoms with Crippen molar-refractivity contribution in [3.05, 3.63) is 52.6 Å². The first-order valence-corrected chi connectivity index (χ1v) is 11.0. The van der Waals surface area contributed by atoms with Crippen LogP contribution in [0.4, 0.5) is 0 Å². The van der Waals surface area contributed by atoms with Crippen LogP contribution in [0.3, 0.4) is 0 Å². The Labute approximate surface area is 197 Å². The summed E-state index contributed by atoms with van der Waals surface area (Å²) in [6.45, 7) is 7.27. The molecule has 0 aromatic heterocycles. The maximum Gasteiger partial charge on any atom is 0.334 e. The number of carbonyl (C=O) groups excluding carboxylic acids is 2. The topological polar surface area (TPSA) is 89.5 Å². The average Bonchev–Trinajstić information content (AvgIpc) is 3.26. The van der Waals surface area contributed by atoms with Crippen LogP contribution in [0, 0.1) is 5.92 Å². The van der Waals surface area contributed by atoms with Crippen molar-refractivity contribution in [2.24, 2.45) is 5.92 Å². The van der Waals surface area contributed by atoms with E-state index in [2.05, 4.69) is 0 Å². The summed E-state index contributed by atoms with van der Waals surface area (Å²) in [5.74, 6) is -2.01. The number of esters is 2. The fourth-order valence-electron chi connectivity index (χ4n) is 4.81. The molecule has 0 spiro atoms. The van der Waals surface area contributed by atoms with Crippen LogP contribution in [0.25, 0.3) is 6.08 Å². The quantitative estimate of drug-likeness (QED) is 0.622. The van der Waals surface area contributed by atoms with Gasteiger partial charge < -0.3 is 28.4 Å². The lowest BCUT2D eigenvalue weighted by molar-refractivity contribution is -0.147. The van der Waals surface area contributed by atoms with Gasteiger partial charge in [0.15, 0.2) is 23.0 Å². The van der Waals surface area contributed by atoms with E-state index in [1.165, 1.54) is 14.2 Å². The molecule has 0 bridgehead atoms. The van der Waals surface area contributed by atoms with Crippen LogP contribution in [0.15, 0.2) is 35.9 Å². The Hall–Kier alpha value is -3.68. The van der Waals surface area contributed by atoms with Crippen molar-refractivity contribution in [3.8, 4) is 23.0 Å². The van der Waals surface area contributed by atoms with E-state index in [9.17, 15) is 9.59 Å². The molecule has 2 heterocycles. The minimum atomic E-state index is -0.938. The molecule has 5 rings (SSSR count). The van der Waals surface area contributed by atoms with Crippen molar-refractivity contribution in [2.75, 3.05) is 14.2 Å². The molecule has 2 aromatic carbocycles. The highest BCUT2D eigenvalue weighted by atomic mass is 16.7. The standard InChI is InChI=1S/C26H26O8/c1-25(2)31-17-8-7-13(10-18(17)32-25)21-15-12-20-19(33-26(3,4)34-20)11-14(15)9-16(23(27)29-5)22(21)24(28)30-6/h7-12,21-22H,1-6H3. The fourth-order valence-corrected chi connectivity index (χ4v) is 4.81. The normalized spacial score (nSPS) is 22.5. The minimum absolute atomic E-state index is 0.197. The monoisotopic (exact) mass is 466 g/mol. The first-order valence-electron chi connectivity index (χ1n) is 11.0. The molecule has 0 saturated heterocycles. The number of rotatable bonds is 3. The van der Waals surface area contributed by atoms with Gasteiger partial charge in [0.2, 0.25) is 11.6 Å². The Bertz CT molecular complexity index is 1240. The molecule has 1 aliphatic carbocycles. The third-order valence-corrected chi connectivity index (χ3v) is 6.09. The molecule has 2 aliphatic heterocycles. The summed E-state index contributed by atoms with van der Waals surface area (Å²) in [7, 11) is 2.58. The SMILES string of the molecule is COC(=O)C1=Cc2cc3c(cc2C(c2ccc4c(c2)OC(C)(C)O4)C1C(=O)OC)OC(C)(C)O3. The van der Waals surface area contributed by atoms with Gasteiger partial charge >= 0.3 is 11.9 Å². The molecule has 2 atom stereocenters. The molecule has 0 saturated carbocycles. The van der Waals surface area contributed by atoms with E-state index in [0.717, 1.165) is 16.7 Å². The predicted octanol–water partition coefficient (Wildman–Crippen LogP) is 4.19. The van der Waals surface area contributed by atoms with E-state index in [-0.39, 0.29) is 5.57 Å². The van der Waals surface area contributed by atoms with Crippen molar-refractivity contribution >= 4 is 18.0 Å². The number of fused-ring (bicyclic) bond motifs is 3. The van der Waals surface area contributed by atoms with Gasteiger partial charge in [0.05, 0.1) is 25.7 Å². The first kappa shape index (κ1) is 22.1. The molecule has 2 unspecified atom stereocenters. The van der Waals surface area contributed by atoms with Crippen molar-refractivity contribution in [2.45, 2.75) is 45.2 Å². The van der Waals surface area contributed by atoms with Crippen molar-refractivity contribution in [3.63, 3.8) is 0 Å². The van der Waals surface area contributed by atoms with Gasteiger partial charge in [-0.1, -0.05) is 6.07 Å². The first-order chi connectivity index (χ1) is 16.0. The average molecular weight is 466 g/mol. The van der Waals surface area contributed by atoms with Gasteiger partial charge in [-0.3, -0.25) is 4.79 Å². The molecule has 0 radical (unpaired) electrons. The molecule has 178 valence electrons. The van der Waals surface area contributed by atoms with Crippen molar-refractivity contribution in [1.82, 2.24) is 0 Å². The Kier molecular flexibility index (Phi) is 4.83. The summed E-state index contributed by atoms with van der Waals surface area (Å²) in [4.78, 5) is 25.9. The summed E-state index contributed by atoms with van der Waals surface area (Å²) < 4.78 is 33.8. The number of benzene rings is 2. The third-order valence-electron chi connectivity index (χ3n) is 6.09. The van der Waals surface area contributed by atoms with Crippen molar-refractivity contribution < 1.29 is 38.0 Å². The number of methoxy groups -OCH3 is 2. The lowest BCUT2D eigenvalue weighted by atomic mass is 9.71. The Morgan fingerprint density at radius 2 is 1.38 bits per heavy atom. The second kappa shape index (κ2) is 7.41. The molecule has 8 nitrogen and oxygen atoms in total. The Morgan fingerprint density at radius 1 is 0.794 bits per heavy atom. The third kappa shape index (κ3) is 3.54. The molecular formula is C26H26O8. The molecular weight excluding hydrogens is 440 g/mol. The summed E-state index contributed by atoms with van der Waals surface area (Å²) in [5, 5.41) is 0. The van der Waals surface area contributed by atoms with Gasteiger partial charge in [-0.05, 0) is 47.0 Å². The van der Waals surface area contributed by atoms with Gasteiger partial charge in [0.25, 0.3) is 0 Å². The second-order valence-electron chi connectivity index (χ2n) is 9.41. The molecule has 0 N–H and O–H groups in total. The van der Waals surface area contributed by atoms with Gasteiger partial charge in [0.1, 0.15) is 0 Å². The van der Waals surface area contributed by atoms with Gasteiger partial charge in [-0.25, -0.2) is 4.79 Å². The summed E-state index contributed by atoms with van der Waals surface area (Å²) in [6, 6.07) is 9.18. The second-order valence-corrected chi connectivity index (χ2v) is 9.41. The highest BCUT2D eigenvalue weighted by molar-refractivity contribution is 6.02. The fraction of sp³-hybridized carbons (Fsp3) is 0.385. The van der Waals surface area contributed by atoms with Gasteiger partial charge in [0, 0.05) is 33.6 Å². The lowest BCUT2D eigenvalue weighted by Gasteiger charge is -2.32.